The second-order valence-corrected chi connectivity index (χ2v) is 23.4. The van der Waals surface area contributed by atoms with Crippen LogP contribution in [0.1, 0.15) is 380 Å². The Kier molecular flexibility index (Phi) is 64.1. The highest BCUT2D eigenvalue weighted by atomic mass is 16.6. The first-order valence-corrected chi connectivity index (χ1v) is 34.5. The molecule has 1 atom stereocenters. The van der Waals surface area contributed by atoms with Gasteiger partial charge in [0.25, 0.3) is 0 Å². The fraction of sp³-hybridized carbons (Fsp3) is 0.873. The van der Waals surface area contributed by atoms with Crippen molar-refractivity contribution < 1.29 is 28.6 Å². The maximum Gasteiger partial charge on any atom is 0.306 e. The summed E-state index contributed by atoms with van der Waals surface area (Å²) < 4.78 is 17.0. The second-order valence-electron chi connectivity index (χ2n) is 23.4. The van der Waals surface area contributed by atoms with Gasteiger partial charge in [0.1, 0.15) is 13.2 Å². The standard InChI is InChI=1S/C71H132O6/c1-4-7-10-13-16-19-22-25-28-30-31-32-33-34-35-36-37-38-39-41-43-46-49-52-55-58-61-64-70(73)76-67-68(66-75-69(72)63-60-57-54-51-48-45-42-27-24-21-18-15-12-9-6-3)77-71(74)65-62-59-56-53-50-47-44-40-29-26-23-20-17-14-11-8-5-2/h8,11,17,20,26,29,68H,4-7,9-10,12-16,18-19,21-25,27-28,30-67H2,1-3H3/b11-8-,20-17-,29-26-. The van der Waals surface area contributed by atoms with Crippen molar-refractivity contribution in [2.45, 2.75) is 386 Å². The van der Waals surface area contributed by atoms with E-state index in [2.05, 4.69) is 57.2 Å². The Labute approximate surface area is 480 Å². The molecule has 0 aliphatic heterocycles. The van der Waals surface area contributed by atoms with Gasteiger partial charge in [-0.15, -0.1) is 0 Å². The molecule has 0 radical (unpaired) electrons. The van der Waals surface area contributed by atoms with Crippen LogP contribution >= 0.6 is 0 Å². The molecule has 0 aromatic carbocycles. The van der Waals surface area contributed by atoms with E-state index in [4.69, 9.17) is 14.2 Å². The van der Waals surface area contributed by atoms with Crippen LogP contribution < -0.4 is 0 Å². The van der Waals surface area contributed by atoms with Crippen molar-refractivity contribution in [3.63, 3.8) is 0 Å². The van der Waals surface area contributed by atoms with Crippen molar-refractivity contribution in [1.29, 1.82) is 0 Å². The van der Waals surface area contributed by atoms with Gasteiger partial charge in [0.15, 0.2) is 6.10 Å². The number of allylic oxidation sites excluding steroid dienone is 6. The lowest BCUT2D eigenvalue weighted by Gasteiger charge is -2.18. The Hall–Kier alpha value is -2.37. The number of hydrogen-bond acceptors (Lipinski definition) is 6. The first-order chi connectivity index (χ1) is 38.0. The molecule has 452 valence electrons. The molecule has 0 rings (SSSR count). The molecule has 0 saturated carbocycles. The average molecular weight is 1080 g/mol. The van der Waals surface area contributed by atoms with Crippen molar-refractivity contribution in [2.75, 3.05) is 13.2 Å². The highest BCUT2D eigenvalue weighted by Crippen LogP contribution is 2.19. The summed E-state index contributed by atoms with van der Waals surface area (Å²) in [5.74, 6) is -0.852. The summed E-state index contributed by atoms with van der Waals surface area (Å²) in [5, 5.41) is 0. The summed E-state index contributed by atoms with van der Waals surface area (Å²) >= 11 is 0. The van der Waals surface area contributed by atoms with E-state index in [0.717, 1.165) is 83.5 Å². The summed E-state index contributed by atoms with van der Waals surface area (Å²) in [6.45, 7) is 6.60. The molecule has 0 spiro atoms. The predicted octanol–water partition coefficient (Wildman–Crippen LogP) is 23.6. The largest absolute Gasteiger partial charge is 0.462 e. The van der Waals surface area contributed by atoms with Gasteiger partial charge in [-0.25, -0.2) is 0 Å². The van der Waals surface area contributed by atoms with Gasteiger partial charge in [-0.05, 0) is 51.4 Å². The maximum absolute atomic E-state index is 12.9. The fourth-order valence-electron chi connectivity index (χ4n) is 10.5. The van der Waals surface area contributed by atoms with E-state index in [1.807, 2.05) is 0 Å². The average Bonchev–Trinajstić information content (AvgIpc) is 3.43. The minimum Gasteiger partial charge on any atom is -0.462 e. The minimum atomic E-state index is -0.775. The molecule has 0 saturated heterocycles. The summed E-state index contributed by atoms with van der Waals surface area (Å²) in [6.07, 6.45) is 81.7. The molecule has 6 nitrogen and oxygen atoms in total. The molecular weight excluding hydrogens is 949 g/mol. The van der Waals surface area contributed by atoms with Crippen LogP contribution in [0.15, 0.2) is 36.5 Å². The van der Waals surface area contributed by atoms with E-state index in [0.29, 0.717) is 19.3 Å². The first kappa shape index (κ1) is 74.6. The van der Waals surface area contributed by atoms with Gasteiger partial charge in [-0.2, -0.15) is 0 Å². The molecule has 77 heavy (non-hydrogen) atoms. The van der Waals surface area contributed by atoms with E-state index in [1.54, 1.807) is 0 Å². The monoisotopic (exact) mass is 1080 g/mol. The molecule has 0 fully saturated rings. The zero-order valence-corrected chi connectivity index (χ0v) is 52.0. The Morgan fingerprint density at radius 3 is 0.792 bits per heavy atom. The molecular formula is C71H132O6. The van der Waals surface area contributed by atoms with Crippen molar-refractivity contribution in [3.8, 4) is 0 Å². The van der Waals surface area contributed by atoms with Crippen LogP contribution in [0.2, 0.25) is 0 Å². The predicted molar refractivity (Wildman–Crippen MR) is 335 cm³/mol. The third-order valence-electron chi connectivity index (χ3n) is 15.7. The highest BCUT2D eigenvalue weighted by Gasteiger charge is 2.19. The molecule has 0 bridgehead atoms. The van der Waals surface area contributed by atoms with Gasteiger partial charge in [0.05, 0.1) is 0 Å². The van der Waals surface area contributed by atoms with Gasteiger partial charge in [-0.1, -0.05) is 346 Å². The number of carbonyl (C=O) groups excluding carboxylic acids is 3. The van der Waals surface area contributed by atoms with E-state index in [-0.39, 0.29) is 31.1 Å². The topological polar surface area (TPSA) is 78.9 Å². The van der Waals surface area contributed by atoms with Gasteiger partial charge < -0.3 is 14.2 Å². The van der Waals surface area contributed by atoms with Crippen LogP contribution in [0.25, 0.3) is 0 Å². The van der Waals surface area contributed by atoms with Gasteiger partial charge in [-0.3, -0.25) is 14.4 Å². The number of ether oxygens (including phenoxy) is 3. The molecule has 0 amide bonds. The van der Waals surface area contributed by atoms with Crippen molar-refractivity contribution >= 4 is 17.9 Å². The van der Waals surface area contributed by atoms with Gasteiger partial charge in [0.2, 0.25) is 0 Å². The minimum absolute atomic E-state index is 0.0706. The van der Waals surface area contributed by atoms with Gasteiger partial charge >= 0.3 is 17.9 Å². The van der Waals surface area contributed by atoms with Crippen LogP contribution in [0, 0.1) is 0 Å². The van der Waals surface area contributed by atoms with E-state index >= 15 is 0 Å². The zero-order valence-electron chi connectivity index (χ0n) is 52.0. The Balaban J connectivity index is 4.21. The van der Waals surface area contributed by atoms with Gasteiger partial charge in [0, 0.05) is 19.3 Å². The maximum atomic E-state index is 12.9. The van der Waals surface area contributed by atoms with Crippen LogP contribution in [0.3, 0.4) is 0 Å². The third-order valence-corrected chi connectivity index (χ3v) is 15.7. The number of esters is 3. The molecule has 0 N–H and O–H groups in total. The number of hydrogen-bond donors (Lipinski definition) is 0. The van der Waals surface area contributed by atoms with Crippen molar-refractivity contribution in [2.24, 2.45) is 0 Å². The lowest BCUT2D eigenvalue weighted by Crippen LogP contribution is -2.30. The quantitative estimate of drug-likeness (QED) is 0.0261. The van der Waals surface area contributed by atoms with Crippen LogP contribution in [0.5, 0.6) is 0 Å². The van der Waals surface area contributed by atoms with E-state index < -0.39 is 6.10 Å². The lowest BCUT2D eigenvalue weighted by molar-refractivity contribution is -0.167. The van der Waals surface area contributed by atoms with E-state index in [1.165, 1.54) is 257 Å². The summed E-state index contributed by atoms with van der Waals surface area (Å²) in [5.41, 5.74) is 0. The number of unbranched alkanes of at least 4 members (excludes halogenated alkanes) is 47. The lowest BCUT2D eigenvalue weighted by atomic mass is 10.0. The van der Waals surface area contributed by atoms with Crippen LogP contribution in [-0.2, 0) is 28.6 Å². The Bertz CT molecular complexity index is 1290. The fourth-order valence-corrected chi connectivity index (χ4v) is 10.5. The van der Waals surface area contributed by atoms with Crippen LogP contribution in [0.4, 0.5) is 0 Å². The Morgan fingerprint density at radius 2 is 0.506 bits per heavy atom. The molecule has 0 aliphatic carbocycles. The Morgan fingerprint density at radius 1 is 0.273 bits per heavy atom. The first-order valence-electron chi connectivity index (χ1n) is 34.5. The SMILES string of the molecule is CC/C=C\C/C=C\C/C=C\CCCCCCCCCC(=O)OC(COC(=O)CCCCCCCCCCCCCCCCC)COC(=O)CCCCCCCCCCCCCCCCCCCCCCCCCCCCC. The smallest absolute Gasteiger partial charge is 0.306 e. The number of rotatable bonds is 64. The normalized spacial score (nSPS) is 12.2. The third kappa shape index (κ3) is 64.3. The van der Waals surface area contributed by atoms with Crippen molar-refractivity contribution in [3.05, 3.63) is 36.5 Å². The molecule has 0 heterocycles. The molecule has 0 aromatic heterocycles. The van der Waals surface area contributed by atoms with Crippen LogP contribution in [-0.4, -0.2) is 37.2 Å². The second kappa shape index (κ2) is 66.1. The molecule has 6 heteroatoms. The summed E-state index contributed by atoms with van der Waals surface area (Å²) in [7, 11) is 0. The number of carbonyl (C=O) groups is 3. The van der Waals surface area contributed by atoms with Crippen molar-refractivity contribution in [1.82, 2.24) is 0 Å². The summed E-state index contributed by atoms with van der Waals surface area (Å²) in [6, 6.07) is 0. The summed E-state index contributed by atoms with van der Waals surface area (Å²) in [4.78, 5) is 38.4. The molecule has 0 aliphatic rings. The zero-order chi connectivity index (χ0) is 55.7. The molecule has 0 aromatic rings. The highest BCUT2D eigenvalue weighted by molar-refractivity contribution is 5.71. The molecule has 1 unspecified atom stereocenters. The van der Waals surface area contributed by atoms with E-state index in [9.17, 15) is 14.4 Å².